The van der Waals surface area contributed by atoms with Crippen LogP contribution in [-0.2, 0) is 17.8 Å². The van der Waals surface area contributed by atoms with Crippen LogP contribution in [0.5, 0.6) is 0 Å². The molecule has 2 N–H and O–H groups in total. The molecule has 0 saturated heterocycles. The highest BCUT2D eigenvalue weighted by atomic mass is 16.3. The van der Waals surface area contributed by atoms with Crippen molar-refractivity contribution in [2.75, 3.05) is 0 Å². The molecule has 0 aliphatic heterocycles. The van der Waals surface area contributed by atoms with Gasteiger partial charge >= 0.3 is 0 Å². The second-order valence-corrected chi connectivity index (χ2v) is 6.98. The SMILES string of the molecule is Cc1cccc(=O)n1C[C@@](C)(O)C(=O)N[C@@H]1CCCc2ccccc21. The fourth-order valence-electron chi connectivity index (χ4n) is 3.42. The van der Waals surface area contributed by atoms with Gasteiger partial charge in [0.2, 0.25) is 0 Å². The van der Waals surface area contributed by atoms with E-state index in [0.29, 0.717) is 5.69 Å². The molecule has 25 heavy (non-hydrogen) atoms. The predicted octanol–water partition coefficient (Wildman–Crippen LogP) is 2.10. The van der Waals surface area contributed by atoms with Crippen molar-refractivity contribution in [3.8, 4) is 0 Å². The number of nitrogens with zero attached hydrogens (tertiary/aromatic N) is 1. The Hall–Kier alpha value is -2.40. The van der Waals surface area contributed by atoms with E-state index in [1.54, 1.807) is 19.1 Å². The maximum atomic E-state index is 12.7. The molecule has 2 aromatic rings. The number of amides is 1. The summed E-state index contributed by atoms with van der Waals surface area (Å²) >= 11 is 0. The molecule has 5 heteroatoms. The van der Waals surface area contributed by atoms with Gasteiger partial charge in [0.1, 0.15) is 0 Å². The number of aryl methyl sites for hydroxylation is 2. The molecule has 1 aliphatic carbocycles. The largest absolute Gasteiger partial charge is 0.378 e. The molecule has 0 spiro atoms. The number of carbonyl (C=O) groups excluding carboxylic acids is 1. The normalized spacial score (nSPS) is 18.9. The van der Waals surface area contributed by atoms with E-state index >= 15 is 0 Å². The lowest BCUT2D eigenvalue weighted by Crippen LogP contribution is -2.50. The Morgan fingerprint density at radius 2 is 2.04 bits per heavy atom. The van der Waals surface area contributed by atoms with E-state index in [0.717, 1.165) is 24.8 Å². The van der Waals surface area contributed by atoms with Crippen molar-refractivity contribution in [2.24, 2.45) is 0 Å². The topological polar surface area (TPSA) is 71.3 Å². The third kappa shape index (κ3) is 3.66. The van der Waals surface area contributed by atoms with E-state index in [1.165, 1.54) is 23.1 Å². The van der Waals surface area contributed by atoms with Crippen molar-refractivity contribution < 1.29 is 9.90 Å². The number of aliphatic hydroxyl groups is 1. The molecule has 0 radical (unpaired) electrons. The minimum absolute atomic E-state index is 0.0707. The summed E-state index contributed by atoms with van der Waals surface area (Å²) in [7, 11) is 0. The molecule has 2 atom stereocenters. The quantitative estimate of drug-likeness (QED) is 0.895. The molecule has 5 nitrogen and oxygen atoms in total. The van der Waals surface area contributed by atoms with Crippen LogP contribution in [0.2, 0.25) is 0 Å². The van der Waals surface area contributed by atoms with Gasteiger partial charge < -0.3 is 15.0 Å². The van der Waals surface area contributed by atoms with Gasteiger partial charge in [0.25, 0.3) is 11.5 Å². The zero-order chi connectivity index (χ0) is 18.0. The summed E-state index contributed by atoms with van der Waals surface area (Å²) in [5, 5.41) is 13.7. The molecular weight excluding hydrogens is 316 g/mol. The van der Waals surface area contributed by atoms with E-state index in [1.807, 2.05) is 18.2 Å². The van der Waals surface area contributed by atoms with Crippen LogP contribution in [0.25, 0.3) is 0 Å². The Morgan fingerprint density at radius 1 is 1.28 bits per heavy atom. The minimum Gasteiger partial charge on any atom is -0.378 e. The molecule has 1 aromatic carbocycles. The maximum Gasteiger partial charge on any atom is 0.254 e. The molecule has 0 saturated carbocycles. The second-order valence-electron chi connectivity index (χ2n) is 6.98. The molecule has 0 bridgehead atoms. The van der Waals surface area contributed by atoms with Crippen LogP contribution in [0, 0.1) is 6.92 Å². The Labute approximate surface area is 147 Å². The van der Waals surface area contributed by atoms with E-state index in [2.05, 4.69) is 11.4 Å². The molecule has 132 valence electrons. The van der Waals surface area contributed by atoms with Crippen LogP contribution in [0.4, 0.5) is 0 Å². The molecule has 0 fully saturated rings. The van der Waals surface area contributed by atoms with Crippen LogP contribution in [0.1, 0.15) is 42.6 Å². The predicted molar refractivity (Wildman–Crippen MR) is 96.3 cm³/mol. The Balaban J connectivity index is 1.78. The van der Waals surface area contributed by atoms with Crippen molar-refractivity contribution in [1.82, 2.24) is 9.88 Å². The van der Waals surface area contributed by atoms with Gasteiger partial charge in [0.05, 0.1) is 12.6 Å². The number of hydrogen-bond donors (Lipinski definition) is 2. The number of pyridine rings is 1. The van der Waals surface area contributed by atoms with Crippen molar-refractivity contribution >= 4 is 5.91 Å². The number of benzene rings is 1. The number of nitrogens with one attached hydrogen (secondary N) is 1. The number of rotatable bonds is 4. The highest BCUT2D eigenvalue weighted by Gasteiger charge is 2.34. The number of aromatic nitrogens is 1. The van der Waals surface area contributed by atoms with E-state index in [-0.39, 0.29) is 18.1 Å². The molecular formula is C20H24N2O3. The standard InChI is InChI=1S/C20H24N2O3/c1-14-7-5-12-18(23)22(14)13-20(2,25)19(24)21-17-11-6-9-15-8-3-4-10-16(15)17/h3-5,7-8,10,12,17,25H,6,9,11,13H2,1-2H3,(H,21,24)/t17-,20-/m1/s1. The Kier molecular flexibility index (Phi) is 4.77. The number of hydrogen-bond acceptors (Lipinski definition) is 3. The van der Waals surface area contributed by atoms with Gasteiger partial charge in [-0.1, -0.05) is 30.3 Å². The fourth-order valence-corrected chi connectivity index (χ4v) is 3.42. The zero-order valence-electron chi connectivity index (χ0n) is 14.7. The van der Waals surface area contributed by atoms with Crippen molar-refractivity contribution in [1.29, 1.82) is 0 Å². The van der Waals surface area contributed by atoms with E-state index < -0.39 is 11.5 Å². The average molecular weight is 340 g/mol. The van der Waals surface area contributed by atoms with Crippen molar-refractivity contribution in [3.05, 3.63) is 69.6 Å². The van der Waals surface area contributed by atoms with E-state index in [9.17, 15) is 14.7 Å². The first-order valence-corrected chi connectivity index (χ1v) is 8.66. The molecule has 1 aromatic heterocycles. The van der Waals surface area contributed by atoms with Crippen LogP contribution >= 0.6 is 0 Å². The monoisotopic (exact) mass is 340 g/mol. The summed E-state index contributed by atoms with van der Waals surface area (Å²) in [6.07, 6.45) is 2.86. The van der Waals surface area contributed by atoms with Gasteiger partial charge in [-0.3, -0.25) is 9.59 Å². The highest BCUT2D eigenvalue weighted by Crippen LogP contribution is 2.29. The summed E-state index contributed by atoms with van der Waals surface area (Å²) in [5.74, 6) is -0.454. The zero-order valence-corrected chi connectivity index (χ0v) is 14.7. The van der Waals surface area contributed by atoms with Crippen LogP contribution in [0.3, 0.4) is 0 Å². The fraction of sp³-hybridized carbons (Fsp3) is 0.400. The molecule has 1 amide bonds. The van der Waals surface area contributed by atoms with Crippen LogP contribution in [0.15, 0.2) is 47.3 Å². The first-order valence-electron chi connectivity index (χ1n) is 8.66. The van der Waals surface area contributed by atoms with Gasteiger partial charge in [0.15, 0.2) is 5.60 Å². The summed E-state index contributed by atoms with van der Waals surface area (Å²) in [6, 6.07) is 12.9. The average Bonchev–Trinajstić information content (AvgIpc) is 2.58. The van der Waals surface area contributed by atoms with Gasteiger partial charge in [0, 0.05) is 11.8 Å². The number of fused-ring (bicyclic) bond motifs is 1. The summed E-state index contributed by atoms with van der Waals surface area (Å²) in [4.78, 5) is 24.7. The first-order chi connectivity index (χ1) is 11.9. The summed E-state index contributed by atoms with van der Waals surface area (Å²) < 4.78 is 1.42. The van der Waals surface area contributed by atoms with Crippen molar-refractivity contribution in [3.63, 3.8) is 0 Å². The lowest BCUT2D eigenvalue weighted by atomic mass is 9.87. The van der Waals surface area contributed by atoms with Crippen molar-refractivity contribution in [2.45, 2.75) is 51.3 Å². The molecule has 0 unspecified atom stereocenters. The molecule has 1 heterocycles. The lowest BCUT2D eigenvalue weighted by Gasteiger charge is -2.30. The Bertz CT molecular complexity index is 839. The lowest BCUT2D eigenvalue weighted by molar-refractivity contribution is -0.140. The maximum absolute atomic E-state index is 12.7. The second kappa shape index (κ2) is 6.84. The highest BCUT2D eigenvalue weighted by molar-refractivity contribution is 5.84. The van der Waals surface area contributed by atoms with Gasteiger partial charge in [-0.2, -0.15) is 0 Å². The first kappa shape index (κ1) is 17.4. The molecule has 1 aliphatic rings. The van der Waals surface area contributed by atoms with Crippen LogP contribution in [-0.4, -0.2) is 21.2 Å². The Morgan fingerprint density at radius 3 is 2.80 bits per heavy atom. The smallest absolute Gasteiger partial charge is 0.254 e. The van der Waals surface area contributed by atoms with Gasteiger partial charge in [-0.05, 0) is 50.3 Å². The third-order valence-corrected chi connectivity index (χ3v) is 4.90. The van der Waals surface area contributed by atoms with Gasteiger partial charge in [-0.15, -0.1) is 0 Å². The van der Waals surface area contributed by atoms with Crippen LogP contribution < -0.4 is 10.9 Å². The summed E-state index contributed by atoms with van der Waals surface area (Å²) in [6.45, 7) is 3.17. The van der Waals surface area contributed by atoms with E-state index in [4.69, 9.17) is 0 Å². The number of carbonyl (C=O) groups is 1. The minimum atomic E-state index is -1.66. The third-order valence-electron chi connectivity index (χ3n) is 4.90. The van der Waals surface area contributed by atoms with Gasteiger partial charge in [-0.25, -0.2) is 0 Å². The molecule has 3 rings (SSSR count). The summed E-state index contributed by atoms with van der Waals surface area (Å²) in [5.41, 5.74) is 1.18.